The first kappa shape index (κ1) is 31.1. The first-order valence-corrected chi connectivity index (χ1v) is 17.8. The van der Waals surface area contributed by atoms with Crippen molar-refractivity contribution in [2.75, 3.05) is 20.2 Å². The zero-order valence-corrected chi connectivity index (χ0v) is 26.4. The van der Waals surface area contributed by atoms with Gasteiger partial charge < -0.3 is 29.4 Å². The highest BCUT2D eigenvalue weighted by Crippen LogP contribution is 2.46. The van der Waals surface area contributed by atoms with Gasteiger partial charge in [-0.25, -0.2) is 9.59 Å². The molecule has 9 nitrogen and oxygen atoms in total. The van der Waals surface area contributed by atoms with E-state index in [9.17, 15) is 19.5 Å². The van der Waals surface area contributed by atoms with E-state index in [1.165, 1.54) is 0 Å². The average Bonchev–Trinajstić information content (AvgIpc) is 3.44. The number of rotatable bonds is 6. The third kappa shape index (κ3) is 6.97. The highest BCUT2D eigenvalue weighted by atomic mass is 28.4. The molecule has 1 aromatic carbocycles. The number of hydrogen-bond donors (Lipinski definition) is 2. The third-order valence-electron chi connectivity index (χ3n) is 9.29. The molecular weight excluding hydrogens is 538 g/mol. The molecule has 4 atom stereocenters. The predicted octanol–water partition coefficient (Wildman–Crippen LogP) is 5.17. The van der Waals surface area contributed by atoms with E-state index in [0.717, 1.165) is 37.0 Å². The second-order valence-electron chi connectivity index (χ2n) is 13.3. The summed E-state index contributed by atoms with van der Waals surface area (Å²) in [5.74, 6) is -0.948. The molecule has 41 heavy (non-hydrogen) atoms. The summed E-state index contributed by atoms with van der Waals surface area (Å²) in [5.41, 5.74) is -0.344. The molecule has 3 aliphatic rings. The summed E-state index contributed by atoms with van der Waals surface area (Å²) >= 11 is 0. The van der Waals surface area contributed by atoms with Gasteiger partial charge in [-0.15, -0.1) is 0 Å². The minimum Gasteiger partial charge on any atom is -0.497 e. The number of nitrogens with one attached hydrogen (secondary N) is 1. The Morgan fingerprint density at radius 1 is 1.15 bits per heavy atom. The van der Waals surface area contributed by atoms with Gasteiger partial charge in [0.05, 0.1) is 13.2 Å². The molecule has 1 saturated heterocycles. The van der Waals surface area contributed by atoms with E-state index in [2.05, 4.69) is 39.2 Å². The lowest BCUT2D eigenvalue weighted by molar-refractivity contribution is -0.144. The van der Waals surface area contributed by atoms with Gasteiger partial charge >= 0.3 is 12.0 Å². The maximum atomic E-state index is 14.2. The van der Waals surface area contributed by atoms with Crippen LogP contribution in [-0.2, 0) is 20.6 Å². The molecule has 1 aliphatic carbocycles. The van der Waals surface area contributed by atoms with Gasteiger partial charge in [-0.05, 0) is 61.5 Å². The summed E-state index contributed by atoms with van der Waals surface area (Å²) < 4.78 is 12.0. The number of fused-ring (bicyclic) bond motifs is 2. The van der Waals surface area contributed by atoms with Crippen LogP contribution in [-0.4, -0.2) is 79.0 Å². The van der Waals surface area contributed by atoms with Gasteiger partial charge in [-0.3, -0.25) is 4.79 Å². The predicted molar refractivity (Wildman–Crippen MR) is 160 cm³/mol. The molecule has 0 bridgehead atoms. The summed E-state index contributed by atoms with van der Waals surface area (Å²) in [5, 5.41) is 12.9. The van der Waals surface area contributed by atoms with Gasteiger partial charge in [-0.1, -0.05) is 51.5 Å². The summed E-state index contributed by atoms with van der Waals surface area (Å²) in [6, 6.07) is 6.65. The molecule has 1 saturated carbocycles. The standard InChI is InChI=1S/C31H47N3O6Si/c1-30(2,3)41(5,6)40-25-18-26-27(35)32-31(28(36)37)19-23(31)12-10-8-7-9-11-17-33(29(38)34(26)21-25)20-22-13-15-24(39-4)16-14-22/h10,12-16,23,25-26H,7-9,11,17-21H2,1-6H3,(H,32,35)(H,36,37)/b12-10+. The van der Waals surface area contributed by atoms with E-state index in [0.29, 0.717) is 32.5 Å². The van der Waals surface area contributed by atoms with E-state index < -0.39 is 31.8 Å². The highest BCUT2D eigenvalue weighted by Gasteiger charge is 2.61. The summed E-state index contributed by atoms with van der Waals surface area (Å²) in [4.78, 5) is 43.8. The molecule has 2 heterocycles. The Labute approximate surface area is 245 Å². The van der Waals surface area contributed by atoms with E-state index in [-0.39, 0.29) is 23.1 Å². The zero-order chi connectivity index (χ0) is 30.0. The summed E-state index contributed by atoms with van der Waals surface area (Å²) in [6.07, 6.45) is 7.96. The van der Waals surface area contributed by atoms with Gasteiger partial charge in [0.25, 0.3) is 0 Å². The van der Waals surface area contributed by atoms with Gasteiger partial charge in [0, 0.05) is 32.0 Å². The quantitative estimate of drug-likeness (QED) is 0.352. The van der Waals surface area contributed by atoms with Gasteiger partial charge in [0.1, 0.15) is 17.3 Å². The number of carboxylic acid groups (broad SMARTS) is 1. The lowest BCUT2D eigenvalue weighted by Gasteiger charge is -2.38. The van der Waals surface area contributed by atoms with Crippen molar-refractivity contribution in [2.45, 2.75) is 102 Å². The smallest absolute Gasteiger partial charge is 0.330 e. The van der Waals surface area contributed by atoms with E-state index >= 15 is 0 Å². The monoisotopic (exact) mass is 585 g/mol. The van der Waals surface area contributed by atoms with Crippen LogP contribution in [0.5, 0.6) is 5.75 Å². The maximum Gasteiger partial charge on any atom is 0.330 e. The maximum absolute atomic E-state index is 14.2. The molecule has 10 heteroatoms. The van der Waals surface area contributed by atoms with E-state index in [4.69, 9.17) is 9.16 Å². The number of aliphatic carboxylic acids is 1. The number of benzene rings is 1. The topological polar surface area (TPSA) is 108 Å². The van der Waals surface area contributed by atoms with E-state index in [1.54, 1.807) is 12.0 Å². The molecule has 4 rings (SSSR count). The summed E-state index contributed by atoms with van der Waals surface area (Å²) in [6.45, 7) is 12.1. The van der Waals surface area contributed by atoms with Crippen molar-refractivity contribution in [3.05, 3.63) is 42.0 Å². The van der Waals surface area contributed by atoms with Crippen LogP contribution in [0.4, 0.5) is 4.79 Å². The average molecular weight is 586 g/mol. The van der Waals surface area contributed by atoms with Crippen LogP contribution in [0.1, 0.15) is 64.9 Å². The normalized spacial score (nSPS) is 28.6. The third-order valence-corrected chi connectivity index (χ3v) is 13.8. The number of carboxylic acids is 1. The number of nitrogens with zero attached hydrogens (tertiary/aromatic N) is 2. The molecule has 2 aliphatic heterocycles. The number of allylic oxidation sites excluding steroid dienone is 1. The molecule has 4 unspecified atom stereocenters. The van der Waals surface area contributed by atoms with Crippen LogP contribution in [0.2, 0.25) is 18.1 Å². The Kier molecular flexibility index (Phi) is 9.23. The lowest BCUT2D eigenvalue weighted by Crippen LogP contribution is -2.55. The molecule has 0 radical (unpaired) electrons. The van der Waals surface area contributed by atoms with Crippen molar-refractivity contribution < 1.29 is 28.7 Å². The number of amides is 3. The second-order valence-corrected chi connectivity index (χ2v) is 18.1. The fourth-order valence-corrected chi connectivity index (χ4v) is 6.94. The fraction of sp³-hybridized carbons (Fsp3) is 0.645. The minimum absolute atomic E-state index is 0.0305. The molecule has 226 valence electrons. The number of urea groups is 1. The minimum atomic E-state index is -2.18. The molecule has 0 spiro atoms. The fourth-order valence-electron chi connectivity index (χ4n) is 5.58. The van der Waals surface area contributed by atoms with Crippen molar-refractivity contribution in [1.82, 2.24) is 15.1 Å². The Hall–Kier alpha value is -2.85. The number of hydrogen-bond acceptors (Lipinski definition) is 5. The van der Waals surface area contributed by atoms with Crippen molar-refractivity contribution in [3.63, 3.8) is 0 Å². The molecule has 1 aromatic rings. The molecule has 2 N–H and O–H groups in total. The van der Waals surface area contributed by atoms with Crippen LogP contribution in [0.15, 0.2) is 36.4 Å². The van der Waals surface area contributed by atoms with Crippen molar-refractivity contribution in [1.29, 1.82) is 0 Å². The Morgan fingerprint density at radius 2 is 1.85 bits per heavy atom. The van der Waals surface area contributed by atoms with Crippen LogP contribution >= 0.6 is 0 Å². The highest BCUT2D eigenvalue weighted by molar-refractivity contribution is 6.74. The van der Waals surface area contributed by atoms with Crippen molar-refractivity contribution in [2.24, 2.45) is 5.92 Å². The summed E-state index contributed by atoms with van der Waals surface area (Å²) in [7, 11) is -0.560. The molecular formula is C31H47N3O6Si. The first-order chi connectivity index (χ1) is 19.3. The number of ether oxygens (including phenoxy) is 1. The molecule has 2 fully saturated rings. The van der Waals surface area contributed by atoms with Crippen molar-refractivity contribution >= 4 is 26.2 Å². The second kappa shape index (κ2) is 12.2. The van der Waals surface area contributed by atoms with E-state index in [1.807, 2.05) is 41.3 Å². The molecule has 3 amide bonds. The van der Waals surface area contributed by atoms with Gasteiger partial charge in [-0.2, -0.15) is 0 Å². The van der Waals surface area contributed by atoms with Gasteiger partial charge in [0.15, 0.2) is 8.32 Å². The Bertz CT molecular complexity index is 1150. The SMILES string of the molecule is COc1ccc(CN2CCCCC/C=C/C3CC3(C(=O)O)NC(=O)C3CC(O[Si](C)(C)C(C)(C)C)CN3C2=O)cc1. The first-order valence-electron chi connectivity index (χ1n) is 14.9. The largest absolute Gasteiger partial charge is 0.497 e. The van der Waals surface area contributed by atoms with Crippen LogP contribution < -0.4 is 10.1 Å². The zero-order valence-electron chi connectivity index (χ0n) is 25.4. The molecule has 0 aromatic heterocycles. The van der Waals surface area contributed by atoms with Gasteiger partial charge in [0.2, 0.25) is 5.91 Å². The number of carbonyl (C=O) groups excluding carboxylic acids is 2. The number of methoxy groups -OCH3 is 1. The van der Waals surface area contributed by atoms with Crippen LogP contribution in [0.25, 0.3) is 0 Å². The van der Waals surface area contributed by atoms with Crippen LogP contribution in [0, 0.1) is 5.92 Å². The Morgan fingerprint density at radius 3 is 2.49 bits per heavy atom. The van der Waals surface area contributed by atoms with Crippen LogP contribution in [0.3, 0.4) is 0 Å². The Balaban J connectivity index is 1.64. The van der Waals surface area contributed by atoms with Crippen molar-refractivity contribution in [3.8, 4) is 5.75 Å². The lowest BCUT2D eigenvalue weighted by atomic mass is 10.1. The number of carbonyl (C=O) groups is 3.